The lowest BCUT2D eigenvalue weighted by molar-refractivity contribution is -0.115. The van der Waals surface area contributed by atoms with Crippen LogP contribution in [-0.2, 0) is 4.79 Å². The Hall–Kier alpha value is -3.27. The molecule has 3 aromatic carbocycles. The summed E-state index contributed by atoms with van der Waals surface area (Å²) < 4.78 is 0. The molecule has 0 fully saturated rings. The number of halogens is 1. The maximum atomic E-state index is 12.5. The van der Waals surface area contributed by atoms with Crippen molar-refractivity contribution in [1.82, 2.24) is 0 Å². The van der Waals surface area contributed by atoms with E-state index in [9.17, 15) is 9.59 Å². The summed E-state index contributed by atoms with van der Waals surface area (Å²) in [5.41, 5.74) is 2.05. The Bertz CT molecular complexity index is 1080. The first-order valence-electron chi connectivity index (χ1n) is 9.14. The van der Waals surface area contributed by atoms with Gasteiger partial charge < -0.3 is 10.6 Å². The van der Waals surface area contributed by atoms with Crippen LogP contribution in [0.3, 0.4) is 0 Å². The second-order valence-corrected chi connectivity index (χ2v) is 7.87. The summed E-state index contributed by atoms with van der Waals surface area (Å²) in [6.07, 6.45) is 0.304. The monoisotopic (exact) mass is 435 g/mol. The van der Waals surface area contributed by atoms with E-state index in [0.717, 1.165) is 4.90 Å². The maximum Gasteiger partial charge on any atom is 0.257 e. The van der Waals surface area contributed by atoms with Crippen LogP contribution in [0.5, 0.6) is 0 Å². The van der Waals surface area contributed by atoms with E-state index in [0.29, 0.717) is 34.1 Å². The first-order chi connectivity index (χ1) is 14.5. The van der Waals surface area contributed by atoms with Crippen LogP contribution in [-0.4, -0.2) is 17.6 Å². The summed E-state index contributed by atoms with van der Waals surface area (Å²) in [7, 11) is 0. The Morgan fingerprint density at radius 2 is 1.67 bits per heavy atom. The fraction of sp³-hybridized carbons (Fsp3) is 0.0870. The van der Waals surface area contributed by atoms with Crippen LogP contribution in [0.2, 0.25) is 5.02 Å². The van der Waals surface area contributed by atoms with E-state index >= 15 is 0 Å². The van der Waals surface area contributed by atoms with Crippen molar-refractivity contribution in [2.45, 2.75) is 11.3 Å². The third-order valence-corrected chi connectivity index (χ3v) is 5.45. The molecule has 0 aliphatic heterocycles. The van der Waals surface area contributed by atoms with Crippen LogP contribution in [0.25, 0.3) is 0 Å². The molecule has 2 N–H and O–H groups in total. The highest BCUT2D eigenvalue weighted by atomic mass is 35.5. The zero-order valence-corrected chi connectivity index (χ0v) is 17.5. The number of para-hydroxylation sites is 1. The van der Waals surface area contributed by atoms with Crippen LogP contribution in [0.1, 0.15) is 22.3 Å². The van der Waals surface area contributed by atoms with Crippen LogP contribution in [0, 0.1) is 11.3 Å². The van der Waals surface area contributed by atoms with E-state index in [1.54, 1.807) is 42.5 Å². The van der Waals surface area contributed by atoms with E-state index in [1.165, 1.54) is 11.8 Å². The molecule has 0 unspecified atom stereocenters. The predicted molar refractivity (Wildman–Crippen MR) is 121 cm³/mol. The van der Waals surface area contributed by atoms with E-state index in [1.807, 2.05) is 30.3 Å². The second kappa shape index (κ2) is 10.5. The average molecular weight is 436 g/mol. The molecule has 7 heteroatoms. The van der Waals surface area contributed by atoms with Crippen LogP contribution >= 0.6 is 23.4 Å². The van der Waals surface area contributed by atoms with Gasteiger partial charge in [-0.05, 0) is 54.6 Å². The number of nitrogens with zero attached hydrogens (tertiary/aromatic N) is 1. The summed E-state index contributed by atoms with van der Waals surface area (Å²) in [5.74, 6) is 0.0821. The second-order valence-electron chi connectivity index (χ2n) is 6.30. The average Bonchev–Trinajstić information content (AvgIpc) is 2.76. The SMILES string of the molecule is N#Cc1ccc(SCCC(=O)Nc2ccc(Cl)c(C(=O)Nc3ccccc3)c2)cc1. The Morgan fingerprint density at radius 1 is 0.933 bits per heavy atom. The number of amides is 2. The van der Waals surface area contributed by atoms with Crippen molar-refractivity contribution in [2.24, 2.45) is 0 Å². The topological polar surface area (TPSA) is 82.0 Å². The van der Waals surface area contributed by atoms with Crippen molar-refractivity contribution in [3.8, 4) is 6.07 Å². The van der Waals surface area contributed by atoms with Crippen molar-refractivity contribution in [1.29, 1.82) is 5.26 Å². The number of nitrogens with one attached hydrogen (secondary N) is 2. The normalized spacial score (nSPS) is 10.1. The van der Waals surface area contributed by atoms with Gasteiger partial charge in [-0.15, -0.1) is 11.8 Å². The van der Waals surface area contributed by atoms with Gasteiger partial charge in [0, 0.05) is 28.4 Å². The van der Waals surface area contributed by atoms with Crippen molar-refractivity contribution in [3.05, 3.63) is 88.9 Å². The molecule has 30 heavy (non-hydrogen) atoms. The Labute approximate surface area is 184 Å². The number of carbonyl (C=O) groups excluding carboxylic acids is 2. The lowest BCUT2D eigenvalue weighted by atomic mass is 10.1. The molecule has 0 heterocycles. The van der Waals surface area contributed by atoms with Crippen molar-refractivity contribution < 1.29 is 9.59 Å². The number of carbonyl (C=O) groups is 2. The van der Waals surface area contributed by atoms with Gasteiger partial charge in [-0.2, -0.15) is 5.26 Å². The highest BCUT2D eigenvalue weighted by Crippen LogP contribution is 2.23. The molecular weight excluding hydrogens is 418 g/mol. The van der Waals surface area contributed by atoms with Gasteiger partial charge in [-0.25, -0.2) is 0 Å². The molecule has 0 bridgehead atoms. The van der Waals surface area contributed by atoms with E-state index in [2.05, 4.69) is 16.7 Å². The smallest absolute Gasteiger partial charge is 0.257 e. The van der Waals surface area contributed by atoms with Gasteiger partial charge in [0.2, 0.25) is 5.91 Å². The molecule has 0 aromatic heterocycles. The quantitative estimate of drug-likeness (QED) is 0.474. The first kappa shape index (κ1) is 21.4. The summed E-state index contributed by atoms with van der Waals surface area (Å²) >= 11 is 7.70. The summed E-state index contributed by atoms with van der Waals surface area (Å²) in [5, 5.41) is 14.7. The highest BCUT2D eigenvalue weighted by molar-refractivity contribution is 7.99. The molecule has 3 aromatic rings. The van der Waals surface area contributed by atoms with Gasteiger partial charge in [0.15, 0.2) is 0 Å². The number of benzene rings is 3. The minimum Gasteiger partial charge on any atom is -0.326 e. The Balaban J connectivity index is 1.55. The number of hydrogen-bond acceptors (Lipinski definition) is 4. The fourth-order valence-electron chi connectivity index (χ4n) is 2.61. The number of hydrogen-bond donors (Lipinski definition) is 2. The molecule has 5 nitrogen and oxygen atoms in total. The van der Waals surface area contributed by atoms with Gasteiger partial charge in [-0.1, -0.05) is 29.8 Å². The van der Waals surface area contributed by atoms with Gasteiger partial charge >= 0.3 is 0 Å². The van der Waals surface area contributed by atoms with Crippen molar-refractivity contribution in [3.63, 3.8) is 0 Å². The zero-order valence-electron chi connectivity index (χ0n) is 15.9. The molecule has 0 saturated heterocycles. The van der Waals surface area contributed by atoms with Gasteiger partial charge in [-0.3, -0.25) is 9.59 Å². The van der Waals surface area contributed by atoms with Crippen molar-refractivity contribution >= 4 is 46.6 Å². The van der Waals surface area contributed by atoms with Gasteiger partial charge in [0.05, 0.1) is 22.2 Å². The standard InChI is InChI=1S/C23H18ClN3O2S/c24-21-11-8-18(14-20(21)23(29)27-17-4-2-1-3-5-17)26-22(28)12-13-30-19-9-6-16(15-25)7-10-19/h1-11,14H,12-13H2,(H,26,28)(H,27,29). The summed E-state index contributed by atoms with van der Waals surface area (Å²) in [6.45, 7) is 0. The molecule has 0 atom stereocenters. The minimum absolute atomic E-state index is 0.159. The van der Waals surface area contributed by atoms with Crippen LogP contribution in [0.4, 0.5) is 11.4 Å². The van der Waals surface area contributed by atoms with Crippen LogP contribution in [0.15, 0.2) is 77.7 Å². The summed E-state index contributed by atoms with van der Waals surface area (Å²) in [4.78, 5) is 25.8. The number of anilines is 2. The molecule has 2 amide bonds. The third-order valence-electron chi connectivity index (χ3n) is 4.11. The van der Waals surface area contributed by atoms with Gasteiger partial charge in [0.1, 0.15) is 0 Å². The molecule has 0 spiro atoms. The lowest BCUT2D eigenvalue weighted by Gasteiger charge is -2.10. The van der Waals surface area contributed by atoms with Gasteiger partial charge in [0.25, 0.3) is 5.91 Å². The summed E-state index contributed by atoms with van der Waals surface area (Å²) in [6, 6.07) is 23.2. The predicted octanol–water partition coefficient (Wildman–Crippen LogP) is 5.58. The highest BCUT2D eigenvalue weighted by Gasteiger charge is 2.13. The largest absolute Gasteiger partial charge is 0.326 e. The molecule has 0 aliphatic rings. The van der Waals surface area contributed by atoms with Crippen molar-refractivity contribution in [2.75, 3.05) is 16.4 Å². The number of thioether (sulfide) groups is 1. The molecule has 150 valence electrons. The van der Waals surface area contributed by atoms with Crippen LogP contribution < -0.4 is 10.6 Å². The van der Waals surface area contributed by atoms with E-state index in [4.69, 9.17) is 16.9 Å². The third kappa shape index (κ3) is 6.11. The lowest BCUT2D eigenvalue weighted by Crippen LogP contribution is -2.15. The minimum atomic E-state index is -0.348. The molecule has 0 radical (unpaired) electrons. The number of rotatable bonds is 7. The molecule has 3 rings (SSSR count). The maximum absolute atomic E-state index is 12.5. The number of nitriles is 1. The van der Waals surface area contributed by atoms with E-state index < -0.39 is 0 Å². The van der Waals surface area contributed by atoms with E-state index in [-0.39, 0.29) is 17.4 Å². The fourth-order valence-corrected chi connectivity index (χ4v) is 3.66. The zero-order chi connectivity index (χ0) is 21.3. The Morgan fingerprint density at radius 3 is 2.37 bits per heavy atom. The first-order valence-corrected chi connectivity index (χ1v) is 10.5. The molecular formula is C23H18ClN3O2S. The molecule has 0 aliphatic carbocycles. The molecule has 0 saturated carbocycles. The Kier molecular flexibility index (Phi) is 7.50.